The molecule has 2 rings (SSSR count). The van der Waals surface area contributed by atoms with Crippen LogP contribution in [0.5, 0.6) is 0 Å². The highest BCUT2D eigenvalue weighted by atomic mass is 35.5. The van der Waals surface area contributed by atoms with E-state index in [4.69, 9.17) is 16.7 Å². The van der Waals surface area contributed by atoms with Crippen LogP contribution < -0.4 is 5.32 Å². The molecule has 20 heavy (non-hydrogen) atoms. The second-order valence-corrected chi connectivity index (χ2v) is 4.41. The normalized spacial score (nSPS) is 10.3. The number of amides is 1. The molecule has 0 bridgehead atoms. The zero-order valence-electron chi connectivity index (χ0n) is 10.1. The van der Waals surface area contributed by atoms with Crippen LogP contribution >= 0.6 is 11.6 Å². The van der Waals surface area contributed by atoms with Gasteiger partial charge < -0.3 is 15.0 Å². The van der Waals surface area contributed by atoms with Crippen LogP contribution in [0.15, 0.2) is 36.5 Å². The molecule has 0 aliphatic carbocycles. The van der Waals surface area contributed by atoms with Crippen LogP contribution in [0.4, 0.5) is 10.1 Å². The van der Waals surface area contributed by atoms with Crippen molar-refractivity contribution in [3.63, 3.8) is 0 Å². The average Bonchev–Trinajstić information content (AvgIpc) is 2.81. The number of nitrogens with zero attached hydrogens (tertiary/aromatic N) is 1. The molecular weight excluding hydrogens is 287 g/mol. The second-order valence-electron chi connectivity index (χ2n) is 4.00. The smallest absolute Gasteiger partial charge is 0.323 e. The fraction of sp³-hybridized carbons (Fsp3) is 0.0769. The summed E-state index contributed by atoms with van der Waals surface area (Å²) in [6.45, 7) is -0.320. The van der Waals surface area contributed by atoms with E-state index in [1.54, 1.807) is 6.07 Å². The first-order valence-electron chi connectivity index (χ1n) is 5.60. The number of halogens is 2. The summed E-state index contributed by atoms with van der Waals surface area (Å²) in [4.78, 5) is 22.7. The average molecular weight is 297 g/mol. The Morgan fingerprint density at radius 3 is 2.75 bits per heavy atom. The Morgan fingerprint density at radius 1 is 1.35 bits per heavy atom. The van der Waals surface area contributed by atoms with E-state index in [9.17, 15) is 14.0 Å². The highest BCUT2D eigenvalue weighted by Crippen LogP contribution is 2.20. The quantitative estimate of drug-likeness (QED) is 0.911. The minimum Gasteiger partial charge on any atom is -0.480 e. The minimum atomic E-state index is -1.06. The van der Waals surface area contributed by atoms with Crippen molar-refractivity contribution in [3.05, 3.63) is 53.1 Å². The van der Waals surface area contributed by atoms with Crippen molar-refractivity contribution in [2.24, 2.45) is 0 Å². The van der Waals surface area contributed by atoms with Crippen molar-refractivity contribution >= 4 is 29.2 Å². The van der Waals surface area contributed by atoms with Gasteiger partial charge in [0.15, 0.2) is 0 Å². The zero-order chi connectivity index (χ0) is 14.7. The number of carbonyl (C=O) groups excluding carboxylic acids is 1. The van der Waals surface area contributed by atoms with Crippen LogP contribution in [-0.2, 0) is 11.3 Å². The Balaban J connectivity index is 2.17. The molecule has 1 aromatic carbocycles. The van der Waals surface area contributed by atoms with Crippen LogP contribution in [0.2, 0.25) is 5.02 Å². The number of carboxylic acids is 1. The molecule has 0 spiro atoms. The number of carbonyl (C=O) groups is 2. The molecule has 1 heterocycles. The van der Waals surface area contributed by atoms with E-state index in [1.807, 2.05) is 0 Å². The van der Waals surface area contributed by atoms with Crippen molar-refractivity contribution in [2.45, 2.75) is 6.54 Å². The van der Waals surface area contributed by atoms with Crippen molar-refractivity contribution in [1.82, 2.24) is 4.57 Å². The first kappa shape index (κ1) is 14.1. The van der Waals surface area contributed by atoms with Crippen molar-refractivity contribution < 1.29 is 19.1 Å². The van der Waals surface area contributed by atoms with Gasteiger partial charge in [0.05, 0.1) is 5.02 Å². The SMILES string of the molecule is O=C(O)Cn1cccc1C(=O)Nc1ccc(F)c(Cl)c1. The molecule has 0 saturated heterocycles. The van der Waals surface area contributed by atoms with Crippen molar-refractivity contribution in [2.75, 3.05) is 5.32 Å². The highest BCUT2D eigenvalue weighted by Gasteiger charge is 2.13. The first-order valence-corrected chi connectivity index (χ1v) is 5.98. The van der Waals surface area contributed by atoms with Gasteiger partial charge in [-0.15, -0.1) is 0 Å². The van der Waals surface area contributed by atoms with Crippen molar-refractivity contribution in [3.8, 4) is 0 Å². The number of rotatable bonds is 4. The Kier molecular flexibility index (Phi) is 4.05. The lowest BCUT2D eigenvalue weighted by molar-refractivity contribution is -0.137. The molecule has 2 aromatic rings. The van der Waals surface area contributed by atoms with E-state index in [0.717, 1.165) is 6.07 Å². The van der Waals surface area contributed by atoms with Crippen LogP contribution in [0.3, 0.4) is 0 Å². The van der Waals surface area contributed by atoms with E-state index in [1.165, 1.54) is 29.0 Å². The van der Waals surface area contributed by atoms with Crippen LogP contribution in [-0.4, -0.2) is 21.6 Å². The van der Waals surface area contributed by atoms with Gasteiger partial charge in [0.2, 0.25) is 0 Å². The summed E-state index contributed by atoms with van der Waals surface area (Å²) in [5.74, 6) is -2.14. The van der Waals surface area contributed by atoms with Crippen LogP contribution in [0, 0.1) is 5.82 Å². The summed E-state index contributed by atoms with van der Waals surface area (Å²) < 4.78 is 14.3. The summed E-state index contributed by atoms with van der Waals surface area (Å²) >= 11 is 5.61. The predicted molar refractivity (Wildman–Crippen MR) is 71.4 cm³/mol. The standard InChI is InChI=1S/C13H10ClFN2O3/c14-9-6-8(3-4-10(9)15)16-13(20)11-2-1-5-17(11)7-12(18)19/h1-6H,7H2,(H,16,20)(H,18,19). The molecule has 2 N–H and O–H groups in total. The summed E-state index contributed by atoms with van der Waals surface area (Å²) in [5.41, 5.74) is 0.511. The fourth-order valence-electron chi connectivity index (χ4n) is 1.67. The largest absolute Gasteiger partial charge is 0.480 e. The van der Waals surface area contributed by atoms with Gasteiger partial charge in [-0.1, -0.05) is 11.6 Å². The molecule has 0 unspecified atom stereocenters. The van der Waals surface area contributed by atoms with E-state index in [0.29, 0.717) is 5.69 Å². The van der Waals surface area contributed by atoms with Gasteiger partial charge in [-0.2, -0.15) is 0 Å². The van der Waals surface area contributed by atoms with E-state index in [-0.39, 0.29) is 17.3 Å². The molecule has 0 aliphatic heterocycles. The summed E-state index contributed by atoms with van der Waals surface area (Å²) in [7, 11) is 0. The molecule has 0 radical (unpaired) electrons. The third-order valence-corrected chi connectivity index (χ3v) is 2.83. The van der Waals surface area contributed by atoms with Gasteiger partial charge >= 0.3 is 5.97 Å². The molecular formula is C13H10ClFN2O3. The lowest BCUT2D eigenvalue weighted by atomic mass is 10.3. The number of benzene rings is 1. The topological polar surface area (TPSA) is 71.3 Å². The number of aromatic nitrogens is 1. The predicted octanol–water partition coefficient (Wildman–Crippen LogP) is 2.62. The minimum absolute atomic E-state index is 0.108. The highest BCUT2D eigenvalue weighted by molar-refractivity contribution is 6.31. The first-order chi connectivity index (χ1) is 9.47. The van der Waals surface area contributed by atoms with Crippen molar-refractivity contribution in [1.29, 1.82) is 0 Å². The fourth-order valence-corrected chi connectivity index (χ4v) is 1.85. The lowest BCUT2D eigenvalue weighted by Gasteiger charge is -2.08. The monoisotopic (exact) mass is 296 g/mol. The maximum absolute atomic E-state index is 13.0. The molecule has 1 amide bonds. The maximum Gasteiger partial charge on any atom is 0.323 e. The van der Waals surface area contributed by atoms with Gasteiger partial charge in [-0.05, 0) is 30.3 Å². The Morgan fingerprint density at radius 2 is 2.10 bits per heavy atom. The van der Waals surface area contributed by atoms with Gasteiger partial charge in [0.1, 0.15) is 18.1 Å². The van der Waals surface area contributed by atoms with E-state index < -0.39 is 17.7 Å². The van der Waals surface area contributed by atoms with Gasteiger partial charge in [0.25, 0.3) is 5.91 Å². The number of nitrogens with one attached hydrogen (secondary N) is 1. The molecule has 7 heteroatoms. The number of aliphatic carboxylic acids is 1. The molecule has 0 fully saturated rings. The molecule has 0 saturated carbocycles. The third kappa shape index (κ3) is 3.16. The molecule has 5 nitrogen and oxygen atoms in total. The van der Waals surface area contributed by atoms with Crippen LogP contribution in [0.25, 0.3) is 0 Å². The Hall–Kier alpha value is -2.34. The van der Waals surface area contributed by atoms with Gasteiger partial charge in [-0.3, -0.25) is 9.59 Å². The van der Waals surface area contributed by atoms with Gasteiger partial charge in [0, 0.05) is 11.9 Å². The summed E-state index contributed by atoms with van der Waals surface area (Å²) in [6.07, 6.45) is 1.49. The summed E-state index contributed by atoms with van der Waals surface area (Å²) in [6, 6.07) is 6.83. The number of carboxylic acid groups (broad SMARTS) is 1. The molecule has 0 aliphatic rings. The Bertz CT molecular complexity index is 669. The zero-order valence-corrected chi connectivity index (χ0v) is 10.9. The second kappa shape index (κ2) is 5.75. The van der Waals surface area contributed by atoms with Crippen LogP contribution in [0.1, 0.15) is 10.5 Å². The number of hydrogen-bond donors (Lipinski definition) is 2. The third-order valence-electron chi connectivity index (χ3n) is 2.55. The number of anilines is 1. The van der Waals surface area contributed by atoms with E-state index in [2.05, 4.69) is 5.32 Å². The molecule has 1 aromatic heterocycles. The summed E-state index contributed by atoms with van der Waals surface area (Å²) in [5, 5.41) is 11.2. The van der Waals surface area contributed by atoms with E-state index >= 15 is 0 Å². The van der Waals surface area contributed by atoms with Gasteiger partial charge in [-0.25, -0.2) is 4.39 Å². The number of hydrogen-bond acceptors (Lipinski definition) is 2. The molecule has 0 atom stereocenters. The lowest BCUT2D eigenvalue weighted by Crippen LogP contribution is -2.19. The Labute approximate surface area is 118 Å². The maximum atomic E-state index is 13.0. The molecule has 104 valence electrons.